The molecule has 0 bridgehead atoms. The standard InChI is InChI=1S/C17H17N3O3/c1-3-21-14-9-8-12(11-15(14)22-4-2)16-19-17(23-20-16)13-7-5-6-10-18-13/h5-11H,3-4H2,1-2H3. The maximum atomic E-state index is 5.62. The van der Waals surface area contributed by atoms with E-state index in [1.54, 1.807) is 6.20 Å². The fraction of sp³-hybridized carbons (Fsp3) is 0.235. The summed E-state index contributed by atoms with van der Waals surface area (Å²) >= 11 is 0. The Morgan fingerprint density at radius 2 is 1.83 bits per heavy atom. The molecule has 0 spiro atoms. The van der Waals surface area contributed by atoms with Crippen LogP contribution in [0.15, 0.2) is 47.1 Å². The molecular weight excluding hydrogens is 294 g/mol. The van der Waals surface area contributed by atoms with E-state index in [1.807, 2.05) is 50.2 Å². The summed E-state index contributed by atoms with van der Waals surface area (Å²) in [6.45, 7) is 4.98. The Bertz CT molecular complexity index is 772. The maximum absolute atomic E-state index is 5.62. The van der Waals surface area contributed by atoms with E-state index in [0.29, 0.717) is 42.1 Å². The Morgan fingerprint density at radius 3 is 2.57 bits per heavy atom. The molecule has 3 rings (SSSR count). The fourth-order valence-electron chi connectivity index (χ4n) is 2.12. The molecule has 0 fully saturated rings. The molecule has 0 atom stereocenters. The zero-order chi connectivity index (χ0) is 16.1. The SMILES string of the molecule is CCOc1ccc(-c2noc(-c3ccccn3)n2)cc1OCC. The van der Waals surface area contributed by atoms with E-state index in [2.05, 4.69) is 15.1 Å². The largest absolute Gasteiger partial charge is 0.490 e. The minimum absolute atomic E-state index is 0.382. The van der Waals surface area contributed by atoms with Crippen molar-refractivity contribution in [3.8, 4) is 34.5 Å². The van der Waals surface area contributed by atoms with Crippen LogP contribution in [-0.4, -0.2) is 28.3 Å². The number of nitrogens with zero attached hydrogens (tertiary/aromatic N) is 3. The zero-order valence-corrected chi connectivity index (χ0v) is 13.0. The van der Waals surface area contributed by atoms with Gasteiger partial charge < -0.3 is 14.0 Å². The summed E-state index contributed by atoms with van der Waals surface area (Å²) in [7, 11) is 0. The van der Waals surface area contributed by atoms with Gasteiger partial charge in [0.2, 0.25) is 5.82 Å². The first-order valence-electron chi connectivity index (χ1n) is 7.47. The molecule has 1 aromatic carbocycles. The quantitative estimate of drug-likeness (QED) is 0.693. The number of benzene rings is 1. The molecule has 23 heavy (non-hydrogen) atoms. The molecule has 0 N–H and O–H groups in total. The molecule has 6 heteroatoms. The van der Waals surface area contributed by atoms with E-state index in [-0.39, 0.29) is 0 Å². The first kappa shape index (κ1) is 15.0. The minimum Gasteiger partial charge on any atom is -0.490 e. The Labute approximate surface area is 134 Å². The molecule has 0 aliphatic rings. The summed E-state index contributed by atoms with van der Waals surface area (Å²) < 4.78 is 16.5. The van der Waals surface area contributed by atoms with Crippen LogP contribution in [0.4, 0.5) is 0 Å². The van der Waals surface area contributed by atoms with Crippen LogP contribution < -0.4 is 9.47 Å². The number of rotatable bonds is 6. The van der Waals surface area contributed by atoms with Crippen LogP contribution in [0, 0.1) is 0 Å². The van der Waals surface area contributed by atoms with Crippen LogP contribution in [0.5, 0.6) is 11.5 Å². The number of hydrogen-bond acceptors (Lipinski definition) is 6. The average Bonchev–Trinajstić information content (AvgIpc) is 3.08. The van der Waals surface area contributed by atoms with Gasteiger partial charge >= 0.3 is 0 Å². The van der Waals surface area contributed by atoms with Gasteiger partial charge in [0.25, 0.3) is 5.89 Å². The monoisotopic (exact) mass is 311 g/mol. The number of hydrogen-bond donors (Lipinski definition) is 0. The third kappa shape index (κ3) is 3.31. The third-order valence-corrected chi connectivity index (χ3v) is 3.11. The van der Waals surface area contributed by atoms with Crippen molar-refractivity contribution in [2.45, 2.75) is 13.8 Å². The Hall–Kier alpha value is -2.89. The minimum atomic E-state index is 0.382. The van der Waals surface area contributed by atoms with E-state index in [9.17, 15) is 0 Å². The first-order valence-corrected chi connectivity index (χ1v) is 7.47. The summed E-state index contributed by atoms with van der Waals surface area (Å²) in [6, 6.07) is 11.1. The van der Waals surface area contributed by atoms with Crippen molar-refractivity contribution in [2.75, 3.05) is 13.2 Å². The fourth-order valence-corrected chi connectivity index (χ4v) is 2.12. The van der Waals surface area contributed by atoms with Crippen molar-refractivity contribution in [1.82, 2.24) is 15.1 Å². The average molecular weight is 311 g/mol. The lowest BCUT2D eigenvalue weighted by Gasteiger charge is -2.11. The molecule has 6 nitrogen and oxygen atoms in total. The van der Waals surface area contributed by atoms with Crippen molar-refractivity contribution in [1.29, 1.82) is 0 Å². The lowest BCUT2D eigenvalue weighted by atomic mass is 10.2. The molecule has 0 saturated carbocycles. The van der Waals surface area contributed by atoms with Crippen LogP contribution >= 0.6 is 0 Å². The Kier molecular flexibility index (Phi) is 4.52. The van der Waals surface area contributed by atoms with E-state index >= 15 is 0 Å². The predicted molar refractivity (Wildman–Crippen MR) is 85.3 cm³/mol. The summed E-state index contributed by atoms with van der Waals surface area (Å²) in [4.78, 5) is 8.59. The first-order chi connectivity index (χ1) is 11.3. The highest BCUT2D eigenvalue weighted by Gasteiger charge is 2.14. The number of aromatic nitrogens is 3. The molecule has 2 heterocycles. The lowest BCUT2D eigenvalue weighted by Crippen LogP contribution is -1.98. The summed E-state index contributed by atoms with van der Waals surface area (Å²) in [5.41, 5.74) is 1.44. The second-order valence-corrected chi connectivity index (χ2v) is 4.67. The zero-order valence-electron chi connectivity index (χ0n) is 13.0. The van der Waals surface area contributed by atoms with Gasteiger partial charge in [-0.3, -0.25) is 4.98 Å². The van der Waals surface area contributed by atoms with Gasteiger partial charge in [-0.25, -0.2) is 0 Å². The summed E-state index contributed by atoms with van der Waals surface area (Å²) in [5.74, 6) is 2.23. The van der Waals surface area contributed by atoms with Crippen LogP contribution in [0.25, 0.3) is 23.0 Å². The van der Waals surface area contributed by atoms with Crippen molar-refractivity contribution >= 4 is 0 Å². The maximum Gasteiger partial charge on any atom is 0.276 e. The lowest BCUT2D eigenvalue weighted by molar-refractivity contribution is 0.288. The van der Waals surface area contributed by atoms with Gasteiger partial charge in [0.15, 0.2) is 11.5 Å². The van der Waals surface area contributed by atoms with Crippen molar-refractivity contribution < 1.29 is 14.0 Å². The second kappa shape index (κ2) is 6.91. The Morgan fingerprint density at radius 1 is 1.00 bits per heavy atom. The topological polar surface area (TPSA) is 70.3 Å². The van der Waals surface area contributed by atoms with Crippen molar-refractivity contribution in [2.24, 2.45) is 0 Å². The normalized spacial score (nSPS) is 10.5. The van der Waals surface area contributed by atoms with E-state index < -0.39 is 0 Å². The molecule has 0 radical (unpaired) electrons. The number of pyridine rings is 1. The van der Waals surface area contributed by atoms with Crippen LogP contribution in [0.3, 0.4) is 0 Å². The molecule has 0 aliphatic heterocycles. The van der Waals surface area contributed by atoms with E-state index in [0.717, 1.165) is 5.56 Å². The van der Waals surface area contributed by atoms with Gasteiger partial charge in [0.05, 0.1) is 13.2 Å². The van der Waals surface area contributed by atoms with Crippen molar-refractivity contribution in [3.63, 3.8) is 0 Å². The van der Waals surface area contributed by atoms with Gasteiger partial charge in [0.1, 0.15) is 5.69 Å². The second-order valence-electron chi connectivity index (χ2n) is 4.67. The highest BCUT2D eigenvalue weighted by Crippen LogP contribution is 2.32. The van der Waals surface area contributed by atoms with Gasteiger partial charge in [-0.1, -0.05) is 11.2 Å². The molecule has 0 aliphatic carbocycles. The van der Waals surface area contributed by atoms with Gasteiger partial charge in [0, 0.05) is 11.8 Å². The van der Waals surface area contributed by atoms with Crippen LogP contribution in [-0.2, 0) is 0 Å². The predicted octanol–water partition coefficient (Wildman–Crippen LogP) is 3.60. The van der Waals surface area contributed by atoms with E-state index in [1.165, 1.54) is 0 Å². The third-order valence-electron chi connectivity index (χ3n) is 3.11. The van der Waals surface area contributed by atoms with Crippen LogP contribution in [0.2, 0.25) is 0 Å². The molecule has 3 aromatic rings. The highest BCUT2D eigenvalue weighted by molar-refractivity contribution is 5.62. The molecule has 0 unspecified atom stereocenters. The molecule has 2 aromatic heterocycles. The van der Waals surface area contributed by atoms with E-state index in [4.69, 9.17) is 14.0 Å². The smallest absolute Gasteiger partial charge is 0.276 e. The highest BCUT2D eigenvalue weighted by atomic mass is 16.5. The molecular formula is C17H17N3O3. The van der Waals surface area contributed by atoms with Crippen molar-refractivity contribution in [3.05, 3.63) is 42.6 Å². The van der Waals surface area contributed by atoms with Crippen LogP contribution in [0.1, 0.15) is 13.8 Å². The molecule has 0 amide bonds. The van der Waals surface area contributed by atoms with Gasteiger partial charge in [-0.2, -0.15) is 4.98 Å². The van der Waals surface area contributed by atoms with Gasteiger partial charge in [-0.15, -0.1) is 0 Å². The van der Waals surface area contributed by atoms with Gasteiger partial charge in [-0.05, 0) is 44.2 Å². The number of ether oxygens (including phenoxy) is 2. The molecule has 0 saturated heterocycles. The molecule has 118 valence electrons. The Balaban J connectivity index is 1.93. The summed E-state index contributed by atoms with van der Waals surface area (Å²) in [6.07, 6.45) is 1.68. The summed E-state index contributed by atoms with van der Waals surface area (Å²) in [5, 5.41) is 4.02.